The lowest BCUT2D eigenvalue weighted by Gasteiger charge is -2.12. The Morgan fingerprint density at radius 2 is 1.70 bits per heavy atom. The van der Waals surface area contributed by atoms with Crippen molar-refractivity contribution in [2.24, 2.45) is 0 Å². The van der Waals surface area contributed by atoms with Gasteiger partial charge in [-0.15, -0.1) is 0 Å². The summed E-state index contributed by atoms with van der Waals surface area (Å²) in [7, 11) is 1.05. The van der Waals surface area contributed by atoms with Crippen molar-refractivity contribution in [3.63, 3.8) is 0 Å². The van der Waals surface area contributed by atoms with Crippen LogP contribution in [0.1, 0.15) is 10.4 Å². The molecule has 0 aliphatic heterocycles. The number of alkyl halides is 4. The van der Waals surface area contributed by atoms with Crippen LogP contribution >= 0.6 is 11.6 Å². The SMILES string of the molecule is COc1cc(C(=O)OCC(=O)Nc2ccc(OC(F)F)c(Cl)c2)c([N+](=O)[O-])cc1OC(F)F. The second-order valence-corrected chi connectivity index (χ2v) is 6.21. The van der Waals surface area contributed by atoms with Gasteiger partial charge in [0.1, 0.15) is 11.3 Å². The standard InChI is InChI=1S/C18H13ClF4N2O8/c1-30-13-5-9(11(25(28)29)6-14(13)33-18(22)23)16(27)31-7-15(26)24-8-2-3-12(10(19)4-8)32-17(20)21/h2-6,17-18H,7H2,1H3,(H,24,26). The van der Waals surface area contributed by atoms with Gasteiger partial charge in [-0.3, -0.25) is 14.9 Å². The van der Waals surface area contributed by atoms with E-state index in [4.69, 9.17) is 21.1 Å². The molecule has 0 heterocycles. The molecule has 0 saturated carbocycles. The van der Waals surface area contributed by atoms with Crippen LogP contribution in [-0.4, -0.2) is 43.7 Å². The van der Waals surface area contributed by atoms with E-state index >= 15 is 0 Å². The maximum atomic E-state index is 12.5. The van der Waals surface area contributed by atoms with E-state index in [0.29, 0.717) is 6.07 Å². The van der Waals surface area contributed by atoms with Crippen molar-refractivity contribution < 1.29 is 51.0 Å². The van der Waals surface area contributed by atoms with Gasteiger partial charge in [0.2, 0.25) is 0 Å². The Morgan fingerprint density at radius 3 is 2.24 bits per heavy atom. The van der Waals surface area contributed by atoms with Gasteiger partial charge in [0.25, 0.3) is 11.6 Å². The second kappa shape index (κ2) is 11.2. The highest BCUT2D eigenvalue weighted by molar-refractivity contribution is 6.32. The number of nitrogens with one attached hydrogen (secondary N) is 1. The summed E-state index contributed by atoms with van der Waals surface area (Å²) in [5.41, 5.74) is -1.58. The van der Waals surface area contributed by atoms with Gasteiger partial charge in [-0.05, 0) is 18.2 Å². The smallest absolute Gasteiger partial charge is 0.387 e. The van der Waals surface area contributed by atoms with Gasteiger partial charge in [-0.1, -0.05) is 11.6 Å². The fourth-order valence-electron chi connectivity index (χ4n) is 2.39. The highest BCUT2D eigenvalue weighted by atomic mass is 35.5. The summed E-state index contributed by atoms with van der Waals surface area (Å²) in [5.74, 6) is -3.69. The van der Waals surface area contributed by atoms with Gasteiger partial charge in [0.15, 0.2) is 18.1 Å². The first kappa shape index (κ1) is 25.5. The number of methoxy groups -OCH3 is 1. The Labute approximate surface area is 187 Å². The van der Waals surface area contributed by atoms with Gasteiger partial charge in [-0.2, -0.15) is 17.6 Å². The average Bonchev–Trinajstić information content (AvgIpc) is 2.73. The molecule has 15 heteroatoms. The Bertz CT molecular complexity index is 1050. The number of rotatable bonds is 10. The first-order valence-electron chi connectivity index (χ1n) is 8.54. The van der Waals surface area contributed by atoms with Crippen molar-refractivity contribution in [3.05, 3.63) is 51.0 Å². The molecular formula is C18H13ClF4N2O8. The molecule has 0 aliphatic carbocycles. The van der Waals surface area contributed by atoms with Crippen molar-refractivity contribution in [1.29, 1.82) is 0 Å². The lowest BCUT2D eigenvalue weighted by molar-refractivity contribution is -0.385. The number of nitrogens with zero attached hydrogens (tertiary/aromatic N) is 1. The van der Waals surface area contributed by atoms with Crippen LogP contribution in [0.25, 0.3) is 0 Å². The fourth-order valence-corrected chi connectivity index (χ4v) is 2.61. The Hall–Kier alpha value is -3.81. The number of halogens is 5. The zero-order chi connectivity index (χ0) is 24.7. The molecule has 0 atom stereocenters. The van der Waals surface area contributed by atoms with E-state index in [1.165, 1.54) is 6.07 Å². The molecule has 0 aliphatic rings. The Kier molecular flexibility index (Phi) is 8.62. The van der Waals surface area contributed by atoms with Crippen LogP contribution in [-0.2, 0) is 9.53 Å². The van der Waals surface area contributed by atoms with Crippen LogP contribution in [0, 0.1) is 10.1 Å². The summed E-state index contributed by atoms with van der Waals surface area (Å²) in [6, 6.07) is 4.64. The number of ether oxygens (including phenoxy) is 4. The zero-order valence-electron chi connectivity index (χ0n) is 16.4. The molecular weight excluding hydrogens is 484 g/mol. The topological polar surface area (TPSA) is 126 Å². The third-order valence-corrected chi connectivity index (χ3v) is 3.98. The number of amides is 1. The average molecular weight is 497 g/mol. The van der Waals surface area contributed by atoms with Crippen molar-refractivity contribution in [1.82, 2.24) is 0 Å². The molecule has 33 heavy (non-hydrogen) atoms. The predicted molar refractivity (Wildman–Crippen MR) is 103 cm³/mol. The third kappa shape index (κ3) is 7.10. The maximum absolute atomic E-state index is 12.5. The molecule has 2 aromatic carbocycles. The van der Waals surface area contributed by atoms with E-state index in [9.17, 15) is 37.3 Å². The summed E-state index contributed by atoms with van der Waals surface area (Å²) in [5, 5.41) is 13.3. The van der Waals surface area contributed by atoms with Gasteiger partial charge in [-0.25, -0.2) is 4.79 Å². The van der Waals surface area contributed by atoms with Crippen molar-refractivity contribution >= 4 is 34.9 Å². The van der Waals surface area contributed by atoms with Gasteiger partial charge < -0.3 is 24.3 Å². The molecule has 0 unspecified atom stereocenters. The minimum absolute atomic E-state index is 0.0452. The van der Waals surface area contributed by atoms with E-state index < -0.39 is 59.4 Å². The molecule has 1 N–H and O–H groups in total. The van der Waals surface area contributed by atoms with Crippen LogP contribution in [0.4, 0.5) is 28.9 Å². The van der Waals surface area contributed by atoms with E-state index in [2.05, 4.69) is 14.8 Å². The summed E-state index contributed by atoms with van der Waals surface area (Å²) in [6.45, 7) is -7.34. The highest BCUT2D eigenvalue weighted by Gasteiger charge is 2.27. The van der Waals surface area contributed by atoms with E-state index in [0.717, 1.165) is 25.3 Å². The van der Waals surface area contributed by atoms with Gasteiger partial charge >= 0.3 is 19.2 Å². The summed E-state index contributed by atoms with van der Waals surface area (Å²) in [6.07, 6.45) is 0. The summed E-state index contributed by atoms with van der Waals surface area (Å²) in [4.78, 5) is 34.5. The van der Waals surface area contributed by atoms with Crippen LogP contribution < -0.4 is 19.5 Å². The molecule has 178 valence electrons. The molecule has 0 radical (unpaired) electrons. The molecule has 0 bridgehead atoms. The lowest BCUT2D eigenvalue weighted by atomic mass is 10.1. The Morgan fingerprint density at radius 1 is 1.06 bits per heavy atom. The molecule has 10 nitrogen and oxygen atoms in total. The second-order valence-electron chi connectivity index (χ2n) is 5.80. The molecule has 0 saturated heterocycles. The molecule has 0 fully saturated rings. The highest BCUT2D eigenvalue weighted by Crippen LogP contribution is 2.36. The number of anilines is 1. The van der Waals surface area contributed by atoms with Gasteiger partial charge in [0.05, 0.1) is 23.1 Å². The van der Waals surface area contributed by atoms with Crippen LogP contribution in [0.3, 0.4) is 0 Å². The first-order valence-corrected chi connectivity index (χ1v) is 8.92. The number of hydrogen-bond acceptors (Lipinski definition) is 8. The maximum Gasteiger partial charge on any atom is 0.387 e. The quantitative estimate of drug-likeness (QED) is 0.224. The Balaban J connectivity index is 2.11. The molecule has 2 aromatic rings. The normalized spacial score (nSPS) is 10.7. The predicted octanol–water partition coefficient (Wildman–Crippen LogP) is 4.26. The molecule has 0 spiro atoms. The monoisotopic (exact) mass is 496 g/mol. The number of nitro benzene ring substituents is 1. The van der Waals surface area contributed by atoms with Crippen LogP contribution in [0.5, 0.6) is 17.2 Å². The number of carbonyl (C=O) groups excluding carboxylic acids is 2. The number of carbonyl (C=O) groups is 2. The van der Waals surface area contributed by atoms with Crippen LogP contribution in [0.15, 0.2) is 30.3 Å². The van der Waals surface area contributed by atoms with E-state index in [1.807, 2.05) is 0 Å². The lowest BCUT2D eigenvalue weighted by Crippen LogP contribution is -2.21. The number of benzene rings is 2. The summed E-state index contributed by atoms with van der Waals surface area (Å²) < 4.78 is 67.2. The number of nitro groups is 1. The van der Waals surface area contributed by atoms with Crippen molar-refractivity contribution in [2.45, 2.75) is 13.2 Å². The minimum Gasteiger partial charge on any atom is -0.493 e. The van der Waals surface area contributed by atoms with Gasteiger partial charge in [0, 0.05) is 11.8 Å². The number of hydrogen-bond donors (Lipinski definition) is 1. The molecule has 1 amide bonds. The molecule has 2 rings (SSSR count). The van der Waals surface area contributed by atoms with Crippen LogP contribution in [0.2, 0.25) is 5.02 Å². The number of esters is 1. The summed E-state index contributed by atoms with van der Waals surface area (Å²) >= 11 is 5.76. The minimum atomic E-state index is -3.32. The largest absolute Gasteiger partial charge is 0.493 e. The zero-order valence-corrected chi connectivity index (χ0v) is 17.1. The first-order chi connectivity index (χ1) is 15.5. The third-order valence-electron chi connectivity index (χ3n) is 3.68. The van der Waals surface area contributed by atoms with Crippen molar-refractivity contribution in [3.8, 4) is 17.2 Å². The fraction of sp³-hybridized carbons (Fsp3) is 0.222. The van der Waals surface area contributed by atoms with E-state index in [-0.39, 0.29) is 16.5 Å². The van der Waals surface area contributed by atoms with E-state index in [1.54, 1.807) is 0 Å². The van der Waals surface area contributed by atoms with Crippen molar-refractivity contribution in [2.75, 3.05) is 19.0 Å². The molecule has 0 aromatic heterocycles.